The van der Waals surface area contributed by atoms with E-state index in [1.807, 2.05) is 87.3 Å². The van der Waals surface area contributed by atoms with Crippen molar-refractivity contribution in [3.05, 3.63) is 111 Å². The molecule has 6 rings (SSSR count). The molecule has 6 heterocycles. The van der Waals surface area contributed by atoms with Crippen LogP contribution >= 0.6 is 0 Å². The summed E-state index contributed by atoms with van der Waals surface area (Å²) >= 11 is 0. The standard InChI is InChI=1S/C31H40N12/c1(2-4-26(40-18-14-32-22-40)6-8-28(30-36-10-11-37-30)42-20-16-34-24-42)3-5-27(41-19-15-33-23-41)7-9-29(31-38-12-13-39-31)43-21-17-35-25-43/h10-29H,1-9H2,(H,36,37)(H,38,39). The molecule has 0 saturated carbocycles. The van der Waals surface area contributed by atoms with E-state index < -0.39 is 0 Å². The van der Waals surface area contributed by atoms with Crippen LogP contribution in [0.2, 0.25) is 0 Å². The van der Waals surface area contributed by atoms with Gasteiger partial charge in [-0.15, -0.1) is 0 Å². The van der Waals surface area contributed by atoms with Crippen molar-refractivity contribution >= 4 is 0 Å². The molecule has 0 bridgehead atoms. The lowest BCUT2D eigenvalue weighted by molar-refractivity contribution is 0.353. The molecular formula is C31H40N12. The van der Waals surface area contributed by atoms with Crippen LogP contribution in [0.15, 0.2) is 99.7 Å². The third-order valence-electron chi connectivity index (χ3n) is 8.45. The van der Waals surface area contributed by atoms with Gasteiger partial charge < -0.3 is 28.2 Å². The molecule has 0 saturated heterocycles. The molecule has 2 N–H and O–H groups in total. The van der Waals surface area contributed by atoms with Gasteiger partial charge in [-0.1, -0.05) is 19.3 Å². The predicted octanol–water partition coefficient (Wildman–Crippen LogP) is 5.79. The summed E-state index contributed by atoms with van der Waals surface area (Å²) in [5.41, 5.74) is 0. The predicted molar refractivity (Wildman–Crippen MR) is 162 cm³/mol. The van der Waals surface area contributed by atoms with Crippen molar-refractivity contribution in [3.8, 4) is 0 Å². The minimum Gasteiger partial charge on any atom is -0.347 e. The van der Waals surface area contributed by atoms with Crippen LogP contribution < -0.4 is 0 Å². The topological polar surface area (TPSA) is 129 Å². The van der Waals surface area contributed by atoms with Crippen LogP contribution in [-0.4, -0.2) is 58.1 Å². The van der Waals surface area contributed by atoms with E-state index >= 15 is 0 Å². The van der Waals surface area contributed by atoms with Crippen molar-refractivity contribution in [3.63, 3.8) is 0 Å². The average Bonchev–Trinajstić information content (AvgIpc) is 3.88. The second kappa shape index (κ2) is 14.4. The van der Waals surface area contributed by atoms with Crippen LogP contribution in [-0.2, 0) is 0 Å². The quantitative estimate of drug-likeness (QED) is 0.124. The first-order valence-corrected chi connectivity index (χ1v) is 15.2. The number of nitrogens with zero attached hydrogens (tertiary/aromatic N) is 10. The lowest BCUT2D eigenvalue weighted by Crippen LogP contribution is -2.15. The Kier molecular flexibility index (Phi) is 9.53. The summed E-state index contributed by atoms with van der Waals surface area (Å²) in [5, 5.41) is 0. The number of imidazole rings is 6. The maximum absolute atomic E-state index is 4.55. The van der Waals surface area contributed by atoms with Gasteiger partial charge in [-0.25, -0.2) is 29.9 Å². The van der Waals surface area contributed by atoms with Gasteiger partial charge in [-0.2, -0.15) is 0 Å². The van der Waals surface area contributed by atoms with Crippen molar-refractivity contribution in [2.24, 2.45) is 0 Å². The molecule has 0 amide bonds. The van der Waals surface area contributed by atoms with Crippen molar-refractivity contribution in [1.29, 1.82) is 0 Å². The van der Waals surface area contributed by atoms with Crippen LogP contribution in [0.25, 0.3) is 0 Å². The zero-order chi connectivity index (χ0) is 29.1. The fraction of sp³-hybridized carbons (Fsp3) is 0.419. The lowest BCUT2D eigenvalue weighted by Gasteiger charge is -2.23. The number of aromatic nitrogens is 12. The van der Waals surface area contributed by atoms with Crippen molar-refractivity contribution in [1.82, 2.24) is 58.1 Å². The molecule has 43 heavy (non-hydrogen) atoms. The first kappa shape index (κ1) is 28.4. The number of nitrogens with one attached hydrogen (secondary N) is 2. The lowest BCUT2D eigenvalue weighted by atomic mass is 9.97. The van der Waals surface area contributed by atoms with Gasteiger partial charge in [0.2, 0.25) is 0 Å². The number of hydrogen-bond acceptors (Lipinski definition) is 6. The Balaban J connectivity index is 1.03. The monoisotopic (exact) mass is 580 g/mol. The largest absolute Gasteiger partial charge is 0.347 e. The zero-order valence-corrected chi connectivity index (χ0v) is 24.4. The molecule has 0 aliphatic rings. The SMILES string of the molecule is c1cn(C(CCCCCC(CCC(c2ncc[nH]2)n2ccnc2)n2ccnc2)CCC(c2ncc[nH]2)n2ccnc2)cn1. The molecule has 6 aromatic heterocycles. The highest BCUT2D eigenvalue weighted by Gasteiger charge is 2.21. The summed E-state index contributed by atoms with van der Waals surface area (Å²) in [7, 11) is 0. The maximum Gasteiger partial charge on any atom is 0.129 e. The van der Waals surface area contributed by atoms with Gasteiger partial charge in [0.25, 0.3) is 0 Å². The minimum absolute atomic E-state index is 0.131. The van der Waals surface area contributed by atoms with E-state index in [1.54, 1.807) is 0 Å². The van der Waals surface area contributed by atoms with E-state index in [2.05, 4.69) is 70.5 Å². The summed E-state index contributed by atoms with van der Waals surface area (Å²) in [6, 6.07) is 1.04. The maximum atomic E-state index is 4.55. The highest BCUT2D eigenvalue weighted by Crippen LogP contribution is 2.30. The van der Waals surface area contributed by atoms with Gasteiger partial charge in [0.05, 0.1) is 37.4 Å². The third-order valence-corrected chi connectivity index (χ3v) is 8.45. The Hall–Kier alpha value is -4.74. The van der Waals surface area contributed by atoms with Gasteiger partial charge in [0.1, 0.15) is 11.6 Å². The number of rotatable bonds is 18. The van der Waals surface area contributed by atoms with Gasteiger partial charge in [0.15, 0.2) is 0 Å². The Labute approximate surface area is 251 Å². The molecule has 0 fully saturated rings. The van der Waals surface area contributed by atoms with E-state index in [4.69, 9.17) is 0 Å². The van der Waals surface area contributed by atoms with E-state index in [0.717, 1.165) is 50.2 Å². The normalized spacial score (nSPS) is 14.5. The summed E-state index contributed by atoms with van der Waals surface area (Å²) in [5.74, 6) is 1.94. The second-order valence-corrected chi connectivity index (χ2v) is 11.1. The molecule has 4 unspecified atom stereocenters. The van der Waals surface area contributed by atoms with Gasteiger partial charge in [-0.05, 0) is 38.5 Å². The second-order valence-electron chi connectivity index (χ2n) is 11.1. The first-order valence-electron chi connectivity index (χ1n) is 15.2. The minimum atomic E-state index is 0.131. The Morgan fingerprint density at radius 3 is 1.23 bits per heavy atom. The molecule has 0 aliphatic heterocycles. The van der Waals surface area contributed by atoms with Crippen LogP contribution in [0.4, 0.5) is 0 Å². The third kappa shape index (κ3) is 7.37. The highest BCUT2D eigenvalue weighted by atomic mass is 15.1. The number of unbranched alkanes of at least 4 members (excludes halogenated alkanes) is 2. The molecule has 6 aromatic rings. The Bertz CT molecular complexity index is 1320. The van der Waals surface area contributed by atoms with E-state index in [0.29, 0.717) is 12.1 Å². The summed E-state index contributed by atoms with van der Waals surface area (Å²) in [6.45, 7) is 0. The van der Waals surface area contributed by atoms with Crippen LogP contribution in [0.3, 0.4) is 0 Å². The molecule has 12 nitrogen and oxygen atoms in total. The average molecular weight is 581 g/mol. The fourth-order valence-corrected chi connectivity index (χ4v) is 6.17. The molecule has 0 aromatic carbocycles. The molecule has 0 spiro atoms. The molecule has 12 heteroatoms. The van der Waals surface area contributed by atoms with Crippen LogP contribution in [0.5, 0.6) is 0 Å². The summed E-state index contributed by atoms with van der Waals surface area (Å²) < 4.78 is 8.82. The fourth-order valence-electron chi connectivity index (χ4n) is 6.17. The van der Waals surface area contributed by atoms with E-state index in [9.17, 15) is 0 Å². The van der Waals surface area contributed by atoms with E-state index in [1.165, 1.54) is 19.3 Å². The Morgan fingerprint density at radius 2 is 0.884 bits per heavy atom. The Morgan fingerprint density at radius 1 is 0.465 bits per heavy atom. The van der Waals surface area contributed by atoms with Crippen LogP contribution in [0.1, 0.15) is 93.6 Å². The molecular weight excluding hydrogens is 540 g/mol. The first-order chi connectivity index (χ1) is 21.3. The number of aromatic amines is 2. The molecule has 0 aliphatic carbocycles. The smallest absolute Gasteiger partial charge is 0.129 e. The summed E-state index contributed by atoms with van der Waals surface area (Å²) in [4.78, 5) is 33.0. The highest BCUT2D eigenvalue weighted by molar-refractivity contribution is 5.01. The zero-order valence-electron chi connectivity index (χ0n) is 24.4. The van der Waals surface area contributed by atoms with Crippen molar-refractivity contribution < 1.29 is 0 Å². The number of hydrogen-bond donors (Lipinski definition) is 2. The summed E-state index contributed by atoms with van der Waals surface area (Å²) in [6.07, 6.45) is 40.4. The van der Waals surface area contributed by atoms with Crippen molar-refractivity contribution in [2.75, 3.05) is 0 Å². The van der Waals surface area contributed by atoms with Gasteiger partial charge in [0, 0.05) is 86.4 Å². The molecule has 4 atom stereocenters. The van der Waals surface area contributed by atoms with E-state index in [-0.39, 0.29) is 12.1 Å². The molecule has 0 radical (unpaired) electrons. The van der Waals surface area contributed by atoms with Gasteiger partial charge in [-0.3, -0.25) is 0 Å². The van der Waals surface area contributed by atoms with Crippen LogP contribution in [0, 0.1) is 0 Å². The van der Waals surface area contributed by atoms with Crippen molar-refractivity contribution in [2.45, 2.75) is 82.0 Å². The van der Waals surface area contributed by atoms with Gasteiger partial charge >= 0.3 is 0 Å². The number of H-pyrrole nitrogens is 2. The molecule has 224 valence electrons.